The summed E-state index contributed by atoms with van der Waals surface area (Å²) < 4.78 is 0. The van der Waals surface area contributed by atoms with Gasteiger partial charge in [0.15, 0.2) is 0 Å². The molecule has 1 rings (SSSR count). The number of H-pyrrole nitrogens is 1. The second kappa shape index (κ2) is 10.5. The summed E-state index contributed by atoms with van der Waals surface area (Å²) in [5.74, 6) is -1.55. The van der Waals surface area contributed by atoms with Crippen molar-refractivity contribution in [2.75, 3.05) is 12.3 Å². The number of amides is 3. The highest BCUT2D eigenvalue weighted by molar-refractivity contribution is 8.13. The van der Waals surface area contributed by atoms with Crippen molar-refractivity contribution in [2.24, 2.45) is 11.5 Å². The Morgan fingerprint density at radius 1 is 1.28 bits per heavy atom. The van der Waals surface area contributed by atoms with Crippen molar-refractivity contribution in [1.29, 1.82) is 0 Å². The van der Waals surface area contributed by atoms with Gasteiger partial charge in [-0.15, -0.1) is 0 Å². The predicted octanol–water partition coefficient (Wildman–Crippen LogP) is -1.96. The van der Waals surface area contributed by atoms with Gasteiger partial charge >= 0.3 is 0 Å². The Balaban J connectivity index is 2.71. The summed E-state index contributed by atoms with van der Waals surface area (Å²) in [5, 5.41) is 4.62. The second-order valence-corrected chi connectivity index (χ2v) is 6.25. The number of hydrogen-bond acceptors (Lipinski definition) is 7. The van der Waals surface area contributed by atoms with Crippen LogP contribution in [0.4, 0.5) is 0 Å². The van der Waals surface area contributed by atoms with E-state index in [1.165, 1.54) is 13.3 Å². The van der Waals surface area contributed by atoms with Crippen LogP contribution in [-0.2, 0) is 25.6 Å². The molecule has 1 aromatic rings. The van der Waals surface area contributed by atoms with Gasteiger partial charge in [0.2, 0.25) is 22.8 Å². The molecule has 0 spiro atoms. The number of primary amides is 1. The number of carbonyl (C=O) groups excluding carboxylic acids is 4. The monoisotopic (exact) mass is 370 g/mol. The summed E-state index contributed by atoms with van der Waals surface area (Å²) >= 11 is 0.810. The van der Waals surface area contributed by atoms with Crippen LogP contribution in [0.1, 0.15) is 19.0 Å². The van der Waals surface area contributed by atoms with E-state index in [1.54, 1.807) is 6.20 Å². The Labute approximate surface area is 148 Å². The van der Waals surface area contributed by atoms with E-state index >= 15 is 0 Å². The zero-order valence-electron chi connectivity index (χ0n) is 13.8. The van der Waals surface area contributed by atoms with Gasteiger partial charge < -0.3 is 27.1 Å². The average molecular weight is 370 g/mol. The van der Waals surface area contributed by atoms with E-state index in [1.807, 2.05) is 0 Å². The minimum Gasteiger partial charge on any atom is -0.368 e. The number of carbonyl (C=O) groups is 4. The molecular weight excluding hydrogens is 348 g/mol. The number of aromatic amines is 1. The van der Waals surface area contributed by atoms with Crippen LogP contribution >= 0.6 is 11.8 Å². The molecule has 0 bridgehead atoms. The molecule has 3 amide bonds. The molecule has 0 saturated heterocycles. The van der Waals surface area contributed by atoms with Crippen LogP contribution in [0.5, 0.6) is 0 Å². The van der Waals surface area contributed by atoms with Crippen LogP contribution in [0.3, 0.4) is 0 Å². The smallest absolute Gasteiger partial charge is 0.240 e. The van der Waals surface area contributed by atoms with Crippen LogP contribution in [0.25, 0.3) is 0 Å². The van der Waals surface area contributed by atoms with Crippen molar-refractivity contribution in [2.45, 2.75) is 31.8 Å². The first-order valence-electron chi connectivity index (χ1n) is 7.53. The molecule has 7 N–H and O–H groups in total. The fraction of sp³-hybridized carbons (Fsp3) is 0.500. The number of nitrogens with one attached hydrogen (secondary N) is 3. The molecule has 11 heteroatoms. The highest BCUT2D eigenvalue weighted by Gasteiger charge is 2.25. The Bertz CT molecular complexity index is 606. The molecule has 25 heavy (non-hydrogen) atoms. The van der Waals surface area contributed by atoms with Crippen LogP contribution in [0.2, 0.25) is 0 Å². The van der Waals surface area contributed by atoms with Crippen molar-refractivity contribution in [3.05, 3.63) is 18.2 Å². The fourth-order valence-corrected chi connectivity index (χ4v) is 2.84. The molecule has 10 nitrogen and oxygen atoms in total. The third-order valence-electron chi connectivity index (χ3n) is 3.08. The molecule has 138 valence electrons. The average Bonchev–Trinajstić information content (AvgIpc) is 3.03. The molecule has 0 unspecified atom stereocenters. The van der Waals surface area contributed by atoms with E-state index in [4.69, 9.17) is 11.5 Å². The topological polar surface area (TPSA) is 173 Å². The number of imidazole rings is 1. The van der Waals surface area contributed by atoms with Gasteiger partial charge in [-0.3, -0.25) is 19.2 Å². The molecule has 0 saturated carbocycles. The van der Waals surface area contributed by atoms with Crippen molar-refractivity contribution < 1.29 is 19.2 Å². The number of nitrogens with two attached hydrogens (primary N) is 2. The molecule has 2 atom stereocenters. The number of rotatable bonds is 10. The quantitative estimate of drug-likeness (QED) is 0.318. The standard InChI is InChI=1S/C14H22N6O4S/c1-8(21)19-11(13(16)23)6-25-14(24)10(20-12(22)2-3-15)4-9-5-17-7-18-9/h5,7,10-11H,2-4,6,15H2,1H3,(H2,16,23)(H,17,18)(H,19,21)(H,20,22)/t10-,11-/m0/s1. The summed E-state index contributed by atoms with van der Waals surface area (Å²) in [7, 11) is 0. The minimum absolute atomic E-state index is 0.0278. The van der Waals surface area contributed by atoms with Crippen molar-refractivity contribution >= 4 is 34.6 Å². The highest BCUT2D eigenvalue weighted by atomic mass is 32.2. The van der Waals surface area contributed by atoms with Gasteiger partial charge in [0.25, 0.3) is 0 Å². The Morgan fingerprint density at radius 3 is 2.52 bits per heavy atom. The van der Waals surface area contributed by atoms with Crippen molar-refractivity contribution in [3.8, 4) is 0 Å². The lowest BCUT2D eigenvalue weighted by Crippen LogP contribution is -2.46. The largest absolute Gasteiger partial charge is 0.368 e. The Morgan fingerprint density at radius 2 is 2.00 bits per heavy atom. The van der Waals surface area contributed by atoms with Gasteiger partial charge in [-0.25, -0.2) is 4.98 Å². The van der Waals surface area contributed by atoms with E-state index in [9.17, 15) is 19.2 Å². The highest BCUT2D eigenvalue weighted by Crippen LogP contribution is 2.12. The lowest BCUT2D eigenvalue weighted by molar-refractivity contribution is -0.125. The zero-order valence-corrected chi connectivity index (χ0v) is 14.6. The third kappa shape index (κ3) is 7.81. The number of nitrogens with zero attached hydrogens (tertiary/aromatic N) is 1. The van der Waals surface area contributed by atoms with E-state index in [0.717, 1.165) is 11.8 Å². The van der Waals surface area contributed by atoms with Gasteiger partial charge in [-0.2, -0.15) is 0 Å². The summed E-state index contributed by atoms with van der Waals surface area (Å²) in [6.45, 7) is 1.41. The second-order valence-electron chi connectivity index (χ2n) is 5.23. The lowest BCUT2D eigenvalue weighted by atomic mass is 10.2. The Kier molecular flexibility index (Phi) is 8.64. The minimum atomic E-state index is -0.973. The number of hydrogen-bond donors (Lipinski definition) is 5. The first-order valence-corrected chi connectivity index (χ1v) is 8.51. The third-order valence-corrected chi connectivity index (χ3v) is 4.15. The maximum absolute atomic E-state index is 12.4. The van der Waals surface area contributed by atoms with Gasteiger partial charge in [-0.05, 0) is 0 Å². The summed E-state index contributed by atoms with van der Waals surface area (Å²) in [4.78, 5) is 53.3. The SMILES string of the molecule is CC(=O)N[C@@H](CSC(=O)[C@H](Cc1cnc[nH]1)NC(=O)CCN)C(N)=O. The van der Waals surface area contributed by atoms with Crippen molar-refractivity contribution in [1.82, 2.24) is 20.6 Å². The molecule has 0 fully saturated rings. The predicted molar refractivity (Wildman–Crippen MR) is 92.2 cm³/mol. The van der Waals surface area contributed by atoms with E-state index < -0.39 is 23.9 Å². The number of thioether (sulfide) groups is 1. The lowest BCUT2D eigenvalue weighted by Gasteiger charge is -2.18. The van der Waals surface area contributed by atoms with Gasteiger partial charge in [0.05, 0.1) is 6.33 Å². The summed E-state index contributed by atoms with van der Waals surface area (Å²) in [5.41, 5.74) is 11.2. The van der Waals surface area contributed by atoms with Crippen LogP contribution < -0.4 is 22.1 Å². The molecular formula is C14H22N6O4S. The van der Waals surface area contributed by atoms with Crippen LogP contribution in [0.15, 0.2) is 12.5 Å². The molecule has 0 aliphatic rings. The van der Waals surface area contributed by atoms with Crippen molar-refractivity contribution in [3.63, 3.8) is 0 Å². The summed E-state index contributed by atoms with van der Waals surface area (Å²) in [6.07, 6.45) is 3.31. The maximum Gasteiger partial charge on any atom is 0.240 e. The van der Waals surface area contributed by atoms with Crippen LogP contribution in [0, 0.1) is 0 Å². The van der Waals surface area contributed by atoms with Gasteiger partial charge in [0.1, 0.15) is 12.1 Å². The molecule has 1 heterocycles. The van der Waals surface area contributed by atoms with Crippen LogP contribution in [-0.4, -0.2) is 57.2 Å². The number of aromatic nitrogens is 2. The zero-order chi connectivity index (χ0) is 18.8. The molecule has 0 aliphatic heterocycles. The molecule has 0 radical (unpaired) electrons. The van der Waals surface area contributed by atoms with E-state index in [2.05, 4.69) is 20.6 Å². The van der Waals surface area contributed by atoms with E-state index in [0.29, 0.717) is 5.69 Å². The Hall–Kier alpha value is -2.40. The molecule has 0 aromatic carbocycles. The van der Waals surface area contributed by atoms with Gasteiger partial charge in [-0.1, -0.05) is 11.8 Å². The fourth-order valence-electron chi connectivity index (χ4n) is 1.91. The van der Waals surface area contributed by atoms with E-state index in [-0.39, 0.29) is 36.2 Å². The first kappa shape index (κ1) is 20.6. The molecule has 0 aliphatic carbocycles. The first-order chi connectivity index (χ1) is 11.8. The molecule has 1 aromatic heterocycles. The van der Waals surface area contributed by atoms with Gasteiger partial charge in [0, 0.05) is 44.0 Å². The summed E-state index contributed by atoms with van der Waals surface area (Å²) in [6, 6.07) is -1.80. The maximum atomic E-state index is 12.4. The normalized spacial score (nSPS) is 12.9.